The van der Waals surface area contributed by atoms with E-state index in [0.717, 1.165) is 5.56 Å². The van der Waals surface area contributed by atoms with Crippen molar-refractivity contribution < 1.29 is 9.31 Å². The molecule has 0 saturated heterocycles. The van der Waals surface area contributed by atoms with Crippen LogP contribution in [-0.2, 0) is 0 Å². The van der Waals surface area contributed by atoms with Crippen molar-refractivity contribution in [3.63, 3.8) is 0 Å². The molecule has 1 aromatic carbocycles. The van der Waals surface area contributed by atoms with Gasteiger partial charge in [-0.1, -0.05) is 23.5 Å². The van der Waals surface area contributed by atoms with Gasteiger partial charge in [-0.25, -0.2) is 4.39 Å². The Labute approximate surface area is 129 Å². The third-order valence-corrected chi connectivity index (χ3v) is 4.42. The summed E-state index contributed by atoms with van der Waals surface area (Å²) in [5.74, 6) is -0.0755. The zero-order valence-electron chi connectivity index (χ0n) is 11.9. The van der Waals surface area contributed by atoms with Gasteiger partial charge < -0.3 is 15.0 Å². The molecule has 0 spiro atoms. The molecule has 1 atom stereocenters. The molecule has 0 aliphatic carbocycles. The molecule has 1 unspecified atom stereocenters. The number of anilines is 1. The Balaban J connectivity index is 2.02. The van der Waals surface area contributed by atoms with Crippen LogP contribution in [0.15, 0.2) is 35.8 Å². The monoisotopic (exact) mass is 320 g/mol. The molecular weight excluding hydrogens is 307 g/mol. The molecule has 2 heterocycles. The van der Waals surface area contributed by atoms with E-state index < -0.39 is 4.92 Å². The third-order valence-electron chi connectivity index (χ3n) is 3.66. The van der Waals surface area contributed by atoms with Crippen molar-refractivity contribution in [3.8, 4) is 0 Å². The quantitative estimate of drug-likeness (QED) is 0.544. The molecule has 0 radical (unpaired) electrons. The maximum Gasteiger partial charge on any atom is 0.373 e. The molecule has 0 N–H and O–H groups in total. The first kappa shape index (κ1) is 14.5. The predicted molar refractivity (Wildman–Crippen MR) is 82.9 cm³/mol. The zero-order valence-corrected chi connectivity index (χ0v) is 12.7. The SMILES string of the molecule is CC(c1ccc(F)cc1)N(C)c1nc2sccn2c1[N+](=O)[O-]. The van der Waals surface area contributed by atoms with Crippen LogP contribution < -0.4 is 4.90 Å². The smallest absolute Gasteiger partial charge is 0.358 e. The topological polar surface area (TPSA) is 63.7 Å². The van der Waals surface area contributed by atoms with Gasteiger partial charge in [-0.3, -0.25) is 0 Å². The molecule has 0 aliphatic heterocycles. The molecule has 3 aromatic rings. The molecule has 22 heavy (non-hydrogen) atoms. The summed E-state index contributed by atoms with van der Waals surface area (Å²) < 4.78 is 14.5. The summed E-state index contributed by atoms with van der Waals surface area (Å²) in [5, 5.41) is 13.1. The highest BCUT2D eigenvalue weighted by molar-refractivity contribution is 7.15. The number of benzene rings is 1. The Morgan fingerprint density at radius 2 is 2.09 bits per heavy atom. The van der Waals surface area contributed by atoms with Crippen molar-refractivity contribution in [1.82, 2.24) is 9.38 Å². The normalized spacial score (nSPS) is 12.5. The van der Waals surface area contributed by atoms with E-state index in [9.17, 15) is 14.5 Å². The number of imidazole rings is 1. The summed E-state index contributed by atoms with van der Waals surface area (Å²) in [4.78, 5) is 17.6. The van der Waals surface area contributed by atoms with Crippen molar-refractivity contribution in [2.45, 2.75) is 13.0 Å². The average Bonchev–Trinajstić information content (AvgIpc) is 3.06. The summed E-state index contributed by atoms with van der Waals surface area (Å²) in [5.41, 5.74) is 0.856. The fourth-order valence-electron chi connectivity index (χ4n) is 2.32. The summed E-state index contributed by atoms with van der Waals surface area (Å²) in [6.07, 6.45) is 1.63. The van der Waals surface area contributed by atoms with E-state index in [0.29, 0.717) is 10.8 Å². The Morgan fingerprint density at radius 3 is 2.73 bits per heavy atom. The van der Waals surface area contributed by atoms with Crippen molar-refractivity contribution in [3.05, 3.63) is 57.3 Å². The van der Waals surface area contributed by atoms with Crippen LogP contribution in [0, 0.1) is 15.9 Å². The number of thiazole rings is 1. The maximum absolute atomic E-state index is 13.0. The highest BCUT2D eigenvalue weighted by atomic mass is 32.1. The van der Waals surface area contributed by atoms with Gasteiger partial charge >= 0.3 is 5.82 Å². The number of halogens is 1. The van der Waals surface area contributed by atoms with Crippen LogP contribution in [0.4, 0.5) is 16.0 Å². The van der Waals surface area contributed by atoms with Crippen LogP contribution in [-0.4, -0.2) is 21.4 Å². The Bertz CT molecular complexity index is 827. The molecule has 0 bridgehead atoms. The lowest BCUT2D eigenvalue weighted by molar-refractivity contribution is -0.389. The van der Waals surface area contributed by atoms with Gasteiger partial charge in [-0.15, -0.1) is 0 Å². The minimum Gasteiger partial charge on any atom is -0.358 e. The molecular formula is C14H13FN4O2S. The minimum absolute atomic E-state index is 0.0623. The molecule has 114 valence electrons. The van der Waals surface area contributed by atoms with Gasteiger partial charge in [0.25, 0.3) is 4.96 Å². The van der Waals surface area contributed by atoms with Gasteiger partial charge in [0.15, 0.2) is 0 Å². The van der Waals surface area contributed by atoms with E-state index >= 15 is 0 Å². The van der Waals surface area contributed by atoms with Crippen molar-refractivity contribution in [1.29, 1.82) is 0 Å². The second-order valence-electron chi connectivity index (χ2n) is 4.91. The number of nitro groups is 1. The average molecular weight is 320 g/mol. The Kier molecular flexibility index (Phi) is 3.53. The molecule has 0 amide bonds. The van der Waals surface area contributed by atoms with Gasteiger partial charge in [0.05, 0.1) is 6.04 Å². The van der Waals surface area contributed by atoms with E-state index in [2.05, 4.69) is 4.98 Å². The Morgan fingerprint density at radius 1 is 1.41 bits per heavy atom. The number of rotatable bonds is 4. The van der Waals surface area contributed by atoms with E-state index in [1.807, 2.05) is 6.92 Å². The predicted octanol–water partition coefficient (Wildman–Crippen LogP) is 3.64. The summed E-state index contributed by atoms with van der Waals surface area (Å²) in [6, 6.07) is 5.91. The molecule has 3 rings (SSSR count). The summed E-state index contributed by atoms with van der Waals surface area (Å²) in [6.45, 7) is 1.89. The van der Waals surface area contributed by atoms with Gasteiger partial charge in [0.2, 0.25) is 5.82 Å². The molecule has 0 saturated carbocycles. The fraction of sp³-hybridized carbons (Fsp3) is 0.214. The van der Waals surface area contributed by atoms with Crippen molar-refractivity contribution >= 4 is 27.9 Å². The first-order valence-corrected chi connectivity index (χ1v) is 7.45. The number of nitrogens with zero attached hydrogens (tertiary/aromatic N) is 4. The molecule has 0 fully saturated rings. The summed E-state index contributed by atoms with van der Waals surface area (Å²) >= 11 is 1.34. The second-order valence-corrected chi connectivity index (χ2v) is 5.78. The van der Waals surface area contributed by atoms with E-state index in [1.165, 1.54) is 27.9 Å². The van der Waals surface area contributed by atoms with Crippen LogP contribution in [0.3, 0.4) is 0 Å². The highest BCUT2D eigenvalue weighted by Gasteiger charge is 2.28. The van der Waals surface area contributed by atoms with Crippen LogP contribution in [0.5, 0.6) is 0 Å². The molecule has 0 aliphatic rings. The first-order valence-electron chi connectivity index (χ1n) is 6.57. The lowest BCUT2D eigenvalue weighted by atomic mass is 10.1. The maximum atomic E-state index is 13.0. The van der Waals surface area contributed by atoms with Crippen LogP contribution in [0.25, 0.3) is 4.96 Å². The second kappa shape index (κ2) is 5.38. The molecule has 6 nitrogen and oxygen atoms in total. The van der Waals surface area contributed by atoms with E-state index in [-0.39, 0.29) is 17.7 Å². The van der Waals surface area contributed by atoms with Gasteiger partial charge in [-0.05, 0) is 29.5 Å². The number of aromatic nitrogens is 2. The summed E-state index contributed by atoms with van der Waals surface area (Å²) in [7, 11) is 1.74. The number of hydrogen-bond donors (Lipinski definition) is 0. The third kappa shape index (κ3) is 2.31. The van der Waals surface area contributed by atoms with Crippen molar-refractivity contribution in [2.75, 3.05) is 11.9 Å². The van der Waals surface area contributed by atoms with Gasteiger partial charge in [0, 0.05) is 12.4 Å². The highest BCUT2D eigenvalue weighted by Crippen LogP contribution is 2.34. The Hall–Kier alpha value is -2.48. The van der Waals surface area contributed by atoms with Crippen LogP contribution in [0.1, 0.15) is 18.5 Å². The van der Waals surface area contributed by atoms with Gasteiger partial charge in [-0.2, -0.15) is 9.38 Å². The van der Waals surface area contributed by atoms with Crippen LogP contribution >= 0.6 is 11.3 Å². The largest absolute Gasteiger partial charge is 0.373 e. The van der Waals surface area contributed by atoms with Gasteiger partial charge in [0.1, 0.15) is 12.0 Å². The molecule has 2 aromatic heterocycles. The van der Waals surface area contributed by atoms with Crippen molar-refractivity contribution in [2.24, 2.45) is 0 Å². The zero-order chi connectivity index (χ0) is 15.9. The number of fused-ring (bicyclic) bond motifs is 1. The lowest BCUT2D eigenvalue weighted by Gasteiger charge is -2.24. The number of hydrogen-bond acceptors (Lipinski definition) is 5. The standard InChI is InChI=1S/C14H13FN4O2S/c1-9(10-3-5-11(15)6-4-10)17(2)12-13(19(20)21)18-7-8-22-14(18)16-12/h3-9H,1-2H3. The fourth-order valence-corrected chi connectivity index (χ4v) is 3.02. The van der Waals surface area contributed by atoms with E-state index in [1.54, 1.807) is 35.7 Å². The van der Waals surface area contributed by atoms with E-state index in [4.69, 9.17) is 0 Å². The minimum atomic E-state index is -0.435. The lowest BCUT2D eigenvalue weighted by Crippen LogP contribution is -2.23. The molecule has 8 heteroatoms. The first-order chi connectivity index (χ1) is 10.5. The van der Waals surface area contributed by atoms with Crippen LogP contribution in [0.2, 0.25) is 0 Å².